The van der Waals surface area contributed by atoms with E-state index in [-0.39, 0.29) is 11.9 Å². The number of carbonyl (C=O) groups excluding carboxylic acids is 2. The molecule has 0 aromatic heterocycles. The Labute approximate surface area is 201 Å². The average molecular weight is 457 g/mol. The number of rotatable bonds is 5. The van der Waals surface area contributed by atoms with E-state index in [1.54, 1.807) is 6.07 Å². The van der Waals surface area contributed by atoms with Crippen molar-refractivity contribution in [3.05, 3.63) is 82.9 Å². The second-order valence-corrected chi connectivity index (χ2v) is 9.00. The van der Waals surface area contributed by atoms with Crippen LogP contribution in [-0.4, -0.2) is 25.0 Å². The Morgan fingerprint density at radius 3 is 2.21 bits per heavy atom. The van der Waals surface area contributed by atoms with Gasteiger partial charge in [-0.1, -0.05) is 35.4 Å². The molecule has 1 aliphatic rings. The van der Waals surface area contributed by atoms with Gasteiger partial charge < -0.3 is 20.9 Å². The topological polar surface area (TPSA) is 73.5 Å². The number of nitrogens with zero attached hydrogens (tertiary/aromatic N) is 1. The summed E-state index contributed by atoms with van der Waals surface area (Å²) in [5.74, 6) is -0.180. The van der Waals surface area contributed by atoms with Crippen LogP contribution in [-0.2, 0) is 0 Å². The number of urea groups is 1. The first kappa shape index (κ1) is 23.4. The second-order valence-electron chi connectivity index (χ2n) is 9.00. The fraction of sp³-hybridized carbons (Fsp3) is 0.286. The molecule has 1 saturated heterocycles. The quantitative estimate of drug-likeness (QED) is 0.410. The summed E-state index contributed by atoms with van der Waals surface area (Å²) in [6.45, 7) is 7.85. The van der Waals surface area contributed by atoms with Gasteiger partial charge in [-0.05, 0) is 82.0 Å². The van der Waals surface area contributed by atoms with E-state index in [4.69, 9.17) is 0 Å². The molecule has 0 spiro atoms. The fourth-order valence-electron chi connectivity index (χ4n) is 4.34. The van der Waals surface area contributed by atoms with Crippen LogP contribution in [0, 0.1) is 20.8 Å². The molecule has 3 aromatic rings. The number of piperidine rings is 1. The number of hydrogen-bond acceptors (Lipinski definition) is 3. The molecule has 3 N–H and O–H groups in total. The van der Waals surface area contributed by atoms with Crippen LogP contribution in [0.1, 0.15) is 46.3 Å². The zero-order valence-corrected chi connectivity index (χ0v) is 20.1. The van der Waals surface area contributed by atoms with Crippen LogP contribution in [0.3, 0.4) is 0 Å². The zero-order chi connectivity index (χ0) is 24.1. The van der Waals surface area contributed by atoms with Crippen molar-refractivity contribution < 1.29 is 9.59 Å². The monoisotopic (exact) mass is 456 g/mol. The first-order chi connectivity index (χ1) is 16.4. The Balaban J connectivity index is 1.57. The van der Waals surface area contributed by atoms with Gasteiger partial charge >= 0.3 is 6.03 Å². The minimum Gasteiger partial charge on any atom is -0.370 e. The number of hydrogen-bond donors (Lipinski definition) is 3. The summed E-state index contributed by atoms with van der Waals surface area (Å²) in [6, 6.07) is 18.8. The maximum Gasteiger partial charge on any atom is 0.323 e. The van der Waals surface area contributed by atoms with E-state index in [0.29, 0.717) is 16.9 Å². The molecular formula is C28H32N4O2. The number of aryl methyl sites for hydroxylation is 3. The standard InChI is InChI=1S/C28H32N4O2/c1-19-8-7-9-22(17-19)27(33)29-23-11-13-26(32-14-5-4-6-15-32)25(18-23)31-28(34)30-24-12-10-20(2)16-21(24)3/h7-13,16-18H,4-6,14-15H2,1-3H3,(H,29,33)(H2,30,31,34). The molecule has 6 heteroatoms. The van der Waals surface area contributed by atoms with Gasteiger partial charge in [0.15, 0.2) is 0 Å². The van der Waals surface area contributed by atoms with Crippen molar-refractivity contribution in [1.29, 1.82) is 0 Å². The summed E-state index contributed by atoms with van der Waals surface area (Å²) in [5.41, 5.74) is 6.81. The third-order valence-electron chi connectivity index (χ3n) is 6.11. The Morgan fingerprint density at radius 2 is 1.47 bits per heavy atom. The lowest BCUT2D eigenvalue weighted by molar-refractivity contribution is 0.102. The molecule has 3 aromatic carbocycles. The molecular weight excluding hydrogens is 424 g/mol. The van der Waals surface area contributed by atoms with Gasteiger partial charge in [-0.3, -0.25) is 4.79 Å². The SMILES string of the molecule is Cc1cccc(C(=O)Nc2ccc(N3CCCCC3)c(NC(=O)Nc3ccc(C)cc3C)c2)c1. The zero-order valence-electron chi connectivity index (χ0n) is 20.1. The normalized spacial score (nSPS) is 13.3. The van der Waals surface area contributed by atoms with E-state index in [1.165, 1.54) is 6.42 Å². The van der Waals surface area contributed by atoms with Gasteiger partial charge in [0.25, 0.3) is 5.91 Å². The lowest BCUT2D eigenvalue weighted by Crippen LogP contribution is -2.31. The van der Waals surface area contributed by atoms with Gasteiger partial charge in [0.1, 0.15) is 0 Å². The van der Waals surface area contributed by atoms with Crippen LogP contribution in [0.25, 0.3) is 0 Å². The number of carbonyl (C=O) groups is 2. The molecule has 1 heterocycles. The van der Waals surface area contributed by atoms with Crippen LogP contribution in [0.5, 0.6) is 0 Å². The highest BCUT2D eigenvalue weighted by atomic mass is 16.2. The van der Waals surface area contributed by atoms with E-state index in [1.807, 2.05) is 75.4 Å². The number of amides is 3. The smallest absolute Gasteiger partial charge is 0.323 e. The van der Waals surface area contributed by atoms with E-state index >= 15 is 0 Å². The average Bonchev–Trinajstić information content (AvgIpc) is 2.82. The Morgan fingerprint density at radius 1 is 0.735 bits per heavy atom. The first-order valence-corrected chi connectivity index (χ1v) is 11.8. The number of nitrogens with one attached hydrogen (secondary N) is 3. The molecule has 0 radical (unpaired) electrons. The van der Waals surface area contributed by atoms with Crippen molar-refractivity contribution in [3.63, 3.8) is 0 Å². The van der Waals surface area contributed by atoms with Crippen LogP contribution in [0.2, 0.25) is 0 Å². The maximum absolute atomic E-state index is 12.9. The van der Waals surface area contributed by atoms with Gasteiger partial charge in [0.2, 0.25) is 0 Å². The van der Waals surface area contributed by atoms with Crippen LogP contribution < -0.4 is 20.9 Å². The van der Waals surface area contributed by atoms with Gasteiger partial charge in [0.05, 0.1) is 11.4 Å². The van der Waals surface area contributed by atoms with Crippen LogP contribution >= 0.6 is 0 Å². The van der Waals surface area contributed by atoms with Crippen LogP contribution in [0.4, 0.5) is 27.5 Å². The van der Waals surface area contributed by atoms with Crippen molar-refractivity contribution in [3.8, 4) is 0 Å². The van der Waals surface area contributed by atoms with Crippen molar-refractivity contribution >= 4 is 34.7 Å². The number of benzene rings is 3. The fourth-order valence-corrected chi connectivity index (χ4v) is 4.34. The summed E-state index contributed by atoms with van der Waals surface area (Å²) in [4.78, 5) is 28.0. The molecule has 0 saturated carbocycles. The summed E-state index contributed by atoms with van der Waals surface area (Å²) >= 11 is 0. The third-order valence-corrected chi connectivity index (χ3v) is 6.11. The Kier molecular flexibility index (Phi) is 7.16. The largest absolute Gasteiger partial charge is 0.370 e. The number of anilines is 4. The molecule has 1 fully saturated rings. The molecule has 4 rings (SSSR count). The Bertz CT molecular complexity index is 1200. The first-order valence-electron chi connectivity index (χ1n) is 11.8. The minimum atomic E-state index is -0.313. The molecule has 0 aliphatic carbocycles. The summed E-state index contributed by atoms with van der Waals surface area (Å²) in [7, 11) is 0. The van der Waals surface area contributed by atoms with Gasteiger partial charge in [-0.25, -0.2) is 4.79 Å². The van der Waals surface area contributed by atoms with E-state index in [9.17, 15) is 9.59 Å². The molecule has 176 valence electrons. The molecule has 6 nitrogen and oxygen atoms in total. The van der Waals surface area contributed by atoms with Crippen molar-refractivity contribution in [2.45, 2.75) is 40.0 Å². The highest BCUT2D eigenvalue weighted by molar-refractivity contribution is 6.06. The molecule has 0 bridgehead atoms. The van der Waals surface area contributed by atoms with E-state index in [0.717, 1.165) is 54.0 Å². The van der Waals surface area contributed by atoms with Crippen molar-refractivity contribution in [2.24, 2.45) is 0 Å². The van der Waals surface area contributed by atoms with Crippen LogP contribution in [0.15, 0.2) is 60.7 Å². The van der Waals surface area contributed by atoms with Gasteiger partial charge in [0, 0.05) is 30.0 Å². The lowest BCUT2D eigenvalue weighted by atomic mass is 10.1. The third kappa shape index (κ3) is 5.76. The predicted molar refractivity (Wildman–Crippen MR) is 140 cm³/mol. The highest BCUT2D eigenvalue weighted by Crippen LogP contribution is 2.32. The van der Waals surface area contributed by atoms with E-state index < -0.39 is 0 Å². The molecule has 3 amide bonds. The highest BCUT2D eigenvalue weighted by Gasteiger charge is 2.18. The molecule has 1 aliphatic heterocycles. The van der Waals surface area contributed by atoms with Crippen molar-refractivity contribution in [1.82, 2.24) is 0 Å². The predicted octanol–water partition coefficient (Wildman–Crippen LogP) is 6.50. The van der Waals surface area contributed by atoms with Gasteiger partial charge in [-0.2, -0.15) is 0 Å². The second kappa shape index (κ2) is 10.4. The lowest BCUT2D eigenvalue weighted by Gasteiger charge is -2.31. The summed E-state index contributed by atoms with van der Waals surface area (Å²) in [6.07, 6.45) is 3.47. The van der Waals surface area contributed by atoms with Gasteiger partial charge in [-0.15, -0.1) is 0 Å². The Hall–Kier alpha value is -3.80. The molecule has 0 unspecified atom stereocenters. The summed E-state index contributed by atoms with van der Waals surface area (Å²) in [5, 5.41) is 8.94. The van der Waals surface area contributed by atoms with E-state index in [2.05, 4.69) is 20.9 Å². The minimum absolute atomic E-state index is 0.180. The summed E-state index contributed by atoms with van der Waals surface area (Å²) < 4.78 is 0. The maximum atomic E-state index is 12.9. The molecule has 34 heavy (non-hydrogen) atoms. The molecule has 0 atom stereocenters. The van der Waals surface area contributed by atoms with Crippen molar-refractivity contribution in [2.75, 3.05) is 33.9 Å².